The molecule has 3 rings (SSSR count). The molecule has 0 N–H and O–H groups in total. The Morgan fingerprint density at radius 3 is 2.54 bits per heavy atom. The Balaban J connectivity index is 1.67. The molecule has 1 aliphatic carbocycles. The third kappa shape index (κ3) is 4.17. The van der Waals surface area contributed by atoms with Crippen LogP contribution in [0.5, 0.6) is 0 Å². The zero-order valence-corrected chi connectivity index (χ0v) is 15.1. The molecule has 126 valence electrons. The molecular formula is C24H30. The number of benzene rings is 2. The van der Waals surface area contributed by atoms with Gasteiger partial charge in [-0.15, -0.1) is 6.58 Å². The van der Waals surface area contributed by atoms with Gasteiger partial charge in [-0.3, -0.25) is 0 Å². The van der Waals surface area contributed by atoms with Gasteiger partial charge in [0, 0.05) is 0 Å². The molecule has 0 saturated carbocycles. The van der Waals surface area contributed by atoms with Crippen molar-refractivity contribution >= 4 is 0 Å². The van der Waals surface area contributed by atoms with Crippen LogP contribution in [0, 0.1) is 0 Å². The second-order valence-corrected chi connectivity index (χ2v) is 7.22. The van der Waals surface area contributed by atoms with Crippen LogP contribution in [-0.2, 0) is 25.7 Å². The van der Waals surface area contributed by atoms with Crippen LogP contribution in [-0.4, -0.2) is 0 Å². The quantitative estimate of drug-likeness (QED) is 0.517. The number of hydrogen-bond acceptors (Lipinski definition) is 0. The summed E-state index contributed by atoms with van der Waals surface area (Å²) in [4.78, 5) is 0. The lowest BCUT2D eigenvalue weighted by Crippen LogP contribution is -2.13. The molecular weight excluding hydrogens is 288 g/mol. The molecule has 1 atom stereocenters. The maximum atomic E-state index is 3.81. The van der Waals surface area contributed by atoms with Crippen LogP contribution in [0.3, 0.4) is 0 Å². The van der Waals surface area contributed by atoms with E-state index in [-0.39, 0.29) is 0 Å². The monoisotopic (exact) mass is 318 g/mol. The van der Waals surface area contributed by atoms with Gasteiger partial charge in [0.25, 0.3) is 0 Å². The molecule has 2 aromatic carbocycles. The molecule has 0 fully saturated rings. The zero-order valence-electron chi connectivity index (χ0n) is 15.1. The van der Waals surface area contributed by atoms with Crippen LogP contribution in [0.25, 0.3) is 0 Å². The molecule has 0 saturated heterocycles. The molecule has 0 amide bonds. The Bertz CT molecular complexity index is 663. The highest BCUT2D eigenvalue weighted by atomic mass is 14.2. The summed E-state index contributed by atoms with van der Waals surface area (Å²) in [5, 5.41) is 0. The van der Waals surface area contributed by atoms with Gasteiger partial charge < -0.3 is 0 Å². The number of allylic oxidation sites excluding steroid dienone is 1. The van der Waals surface area contributed by atoms with Crippen LogP contribution in [0.2, 0.25) is 0 Å². The SMILES string of the molecule is C=CCCc1ccc(C2CCc3cc(CCCC)ccc3C2)cc1. The first-order valence-electron chi connectivity index (χ1n) is 9.60. The topological polar surface area (TPSA) is 0 Å². The number of aryl methyl sites for hydroxylation is 3. The van der Waals surface area contributed by atoms with Crippen molar-refractivity contribution in [2.24, 2.45) is 0 Å². The summed E-state index contributed by atoms with van der Waals surface area (Å²) < 4.78 is 0. The van der Waals surface area contributed by atoms with Crippen molar-refractivity contribution in [2.45, 2.75) is 64.2 Å². The van der Waals surface area contributed by atoms with E-state index in [9.17, 15) is 0 Å². The van der Waals surface area contributed by atoms with E-state index in [2.05, 4.69) is 56.0 Å². The Morgan fingerprint density at radius 2 is 1.79 bits per heavy atom. The Labute approximate surface area is 147 Å². The zero-order chi connectivity index (χ0) is 16.8. The minimum absolute atomic E-state index is 0.687. The summed E-state index contributed by atoms with van der Waals surface area (Å²) >= 11 is 0. The molecule has 0 radical (unpaired) electrons. The normalized spacial score (nSPS) is 16.6. The minimum Gasteiger partial charge on any atom is -0.103 e. The molecule has 1 unspecified atom stereocenters. The molecule has 0 aromatic heterocycles. The first-order valence-corrected chi connectivity index (χ1v) is 9.60. The van der Waals surface area contributed by atoms with E-state index in [0.29, 0.717) is 5.92 Å². The predicted octanol–water partition coefficient (Wildman–Crippen LogP) is 6.42. The van der Waals surface area contributed by atoms with Crippen molar-refractivity contribution in [3.05, 3.63) is 82.9 Å². The van der Waals surface area contributed by atoms with Crippen molar-refractivity contribution in [3.8, 4) is 0 Å². The molecule has 0 spiro atoms. The fraction of sp³-hybridized carbons (Fsp3) is 0.417. The van der Waals surface area contributed by atoms with Crippen molar-refractivity contribution in [3.63, 3.8) is 0 Å². The van der Waals surface area contributed by atoms with Crippen molar-refractivity contribution in [1.29, 1.82) is 0 Å². The fourth-order valence-electron chi connectivity index (χ4n) is 3.85. The molecule has 0 aliphatic heterocycles. The summed E-state index contributed by atoms with van der Waals surface area (Å²) in [6, 6.07) is 16.5. The lowest BCUT2D eigenvalue weighted by molar-refractivity contribution is 0.584. The molecule has 24 heavy (non-hydrogen) atoms. The highest BCUT2D eigenvalue weighted by Gasteiger charge is 2.20. The van der Waals surface area contributed by atoms with Crippen LogP contribution >= 0.6 is 0 Å². The molecule has 0 heteroatoms. The predicted molar refractivity (Wildman–Crippen MR) is 105 cm³/mol. The average molecular weight is 319 g/mol. The summed E-state index contributed by atoms with van der Waals surface area (Å²) in [6.45, 7) is 6.08. The van der Waals surface area contributed by atoms with Gasteiger partial charge in [-0.05, 0) is 78.7 Å². The Hall–Kier alpha value is -1.82. The number of hydrogen-bond donors (Lipinski definition) is 0. The van der Waals surface area contributed by atoms with E-state index in [1.54, 1.807) is 11.1 Å². The highest BCUT2D eigenvalue weighted by Crippen LogP contribution is 2.33. The number of rotatable bonds is 7. The lowest BCUT2D eigenvalue weighted by atomic mass is 9.79. The molecule has 1 aliphatic rings. The van der Waals surface area contributed by atoms with Gasteiger partial charge in [0.15, 0.2) is 0 Å². The van der Waals surface area contributed by atoms with E-state index in [0.717, 1.165) is 12.8 Å². The van der Waals surface area contributed by atoms with E-state index in [1.807, 2.05) is 6.08 Å². The van der Waals surface area contributed by atoms with Gasteiger partial charge in [-0.25, -0.2) is 0 Å². The van der Waals surface area contributed by atoms with Gasteiger partial charge in [-0.2, -0.15) is 0 Å². The highest BCUT2D eigenvalue weighted by molar-refractivity contribution is 5.37. The summed E-state index contributed by atoms with van der Waals surface area (Å²) in [7, 11) is 0. The third-order valence-electron chi connectivity index (χ3n) is 5.41. The van der Waals surface area contributed by atoms with E-state index in [4.69, 9.17) is 0 Å². The largest absolute Gasteiger partial charge is 0.103 e. The summed E-state index contributed by atoms with van der Waals surface area (Å²) in [5.41, 5.74) is 7.64. The maximum Gasteiger partial charge on any atom is -0.0118 e. The molecule has 0 bridgehead atoms. The third-order valence-corrected chi connectivity index (χ3v) is 5.41. The van der Waals surface area contributed by atoms with Crippen molar-refractivity contribution in [1.82, 2.24) is 0 Å². The molecule has 2 aromatic rings. The van der Waals surface area contributed by atoms with Gasteiger partial charge in [0.2, 0.25) is 0 Å². The average Bonchev–Trinajstić information content (AvgIpc) is 2.64. The number of unbranched alkanes of at least 4 members (excludes halogenated alkanes) is 1. The van der Waals surface area contributed by atoms with Crippen LogP contribution < -0.4 is 0 Å². The van der Waals surface area contributed by atoms with Gasteiger partial charge >= 0.3 is 0 Å². The first-order chi connectivity index (χ1) is 11.8. The van der Waals surface area contributed by atoms with E-state index < -0.39 is 0 Å². The van der Waals surface area contributed by atoms with E-state index in [1.165, 1.54) is 55.2 Å². The lowest BCUT2D eigenvalue weighted by Gasteiger charge is -2.26. The number of fused-ring (bicyclic) bond motifs is 1. The van der Waals surface area contributed by atoms with Crippen LogP contribution in [0.1, 0.15) is 66.3 Å². The standard InChI is InChI=1S/C24H30/c1-3-5-7-19-9-12-21(13-10-19)23-16-15-22-17-20(8-6-4-2)11-14-24(22)18-23/h3,9-14,17,23H,1,4-8,15-16,18H2,2H3. The Kier molecular flexibility index (Phi) is 5.91. The molecule has 0 heterocycles. The first kappa shape index (κ1) is 17.0. The maximum absolute atomic E-state index is 3.81. The minimum atomic E-state index is 0.687. The van der Waals surface area contributed by atoms with Crippen molar-refractivity contribution in [2.75, 3.05) is 0 Å². The van der Waals surface area contributed by atoms with Crippen LogP contribution in [0.4, 0.5) is 0 Å². The second-order valence-electron chi connectivity index (χ2n) is 7.22. The van der Waals surface area contributed by atoms with Crippen molar-refractivity contribution < 1.29 is 0 Å². The summed E-state index contributed by atoms with van der Waals surface area (Å²) in [5.74, 6) is 0.687. The van der Waals surface area contributed by atoms with Gasteiger partial charge in [-0.1, -0.05) is 61.9 Å². The van der Waals surface area contributed by atoms with Gasteiger partial charge in [0.1, 0.15) is 0 Å². The van der Waals surface area contributed by atoms with Crippen LogP contribution in [0.15, 0.2) is 55.1 Å². The smallest absolute Gasteiger partial charge is 0.0118 e. The Morgan fingerprint density at radius 1 is 1.00 bits per heavy atom. The fourth-order valence-corrected chi connectivity index (χ4v) is 3.85. The van der Waals surface area contributed by atoms with Gasteiger partial charge in [0.05, 0.1) is 0 Å². The summed E-state index contributed by atoms with van der Waals surface area (Å²) in [6.07, 6.45) is 11.7. The molecule has 0 nitrogen and oxygen atoms in total. The second kappa shape index (κ2) is 8.33. The van der Waals surface area contributed by atoms with E-state index >= 15 is 0 Å².